The summed E-state index contributed by atoms with van der Waals surface area (Å²) in [6.45, 7) is 1.94. The molecule has 16 heavy (non-hydrogen) atoms. The van der Waals surface area contributed by atoms with Gasteiger partial charge < -0.3 is 10.5 Å². The lowest BCUT2D eigenvalue weighted by molar-refractivity contribution is -0.122. The van der Waals surface area contributed by atoms with Gasteiger partial charge in [-0.05, 0) is 38.2 Å². The van der Waals surface area contributed by atoms with E-state index in [0.717, 1.165) is 16.9 Å². The van der Waals surface area contributed by atoms with E-state index >= 15 is 0 Å². The highest BCUT2D eigenvalue weighted by atomic mass is 16.5. The second-order valence-corrected chi connectivity index (χ2v) is 4.00. The van der Waals surface area contributed by atoms with Crippen LogP contribution >= 0.6 is 0 Å². The zero-order chi connectivity index (χ0) is 12.3. The molecule has 88 valence electrons. The molecule has 1 unspecified atom stereocenters. The van der Waals surface area contributed by atoms with Crippen molar-refractivity contribution in [3.8, 4) is 5.75 Å². The fourth-order valence-corrected chi connectivity index (χ4v) is 1.79. The van der Waals surface area contributed by atoms with E-state index in [4.69, 9.17) is 10.5 Å². The lowest BCUT2D eigenvalue weighted by Gasteiger charge is -2.22. The lowest BCUT2D eigenvalue weighted by atomic mass is 10.0. The number of benzene rings is 1. The Kier molecular flexibility index (Phi) is 3.90. The Balaban J connectivity index is 3.12. The smallest absolute Gasteiger partial charge is 0.239 e. The predicted molar refractivity (Wildman–Crippen MR) is 63.4 cm³/mol. The standard InChI is InChI=1S/C12H18N2O2/c1-8-7-9(5-6-10(8)16-4)11(12(13)15)14(2)3/h5-7,11H,1-4H3,(H2,13,15). The molecule has 4 nitrogen and oxygen atoms in total. The Labute approximate surface area is 96.0 Å². The van der Waals surface area contributed by atoms with Gasteiger partial charge in [0.1, 0.15) is 11.8 Å². The van der Waals surface area contributed by atoms with Gasteiger partial charge in [0.15, 0.2) is 0 Å². The van der Waals surface area contributed by atoms with Gasteiger partial charge in [-0.1, -0.05) is 12.1 Å². The number of hydrogen-bond donors (Lipinski definition) is 1. The molecule has 0 radical (unpaired) electrons. The Morgan fingerprint density at radius 1 is 1.44 bits per heavy atom. The van der Waals surface area contributed by atoms with Gasteiger partial charge in [-0.3, -0.25) is 9.69 Å². The Bertz CT molecular complexity index is 389. The molecule has 0 saturated carbocycles. The summed E-state index contributed by atoms with van der Waals surface area (Å²) in [6, 6.07) is 5.24. The van der Waals surface area contributed by atoms with Crippen LogP contribution in [-0.2, 0) is 4.79 Å². The largest absolute Gasteiger partial charge is 0.496 e. The van der Waals surface area contributed by atoms with Crippen LogP contribution in [0, 0.1) is 6.92 Å². The minimum atomic E-state index is -0.399. The number of nitrogens with two attached hydrogens (primary N) is 1. The number of primary amides is 1. The van der Waals surface area contributed by atoms with E-state index < -0.39 is 6.04 Å². The Morgan fingerprint density at radius 3 is 2.44 bits per heavy atom. The van der Waals surface area contributed by atoms with Gasteiger partial charge in [-0.15, -0.1) is 0 Å². The number of carbonyl (C=O) groups is 1. The first-order chi connectivity index (χ1) is 7.47. The van der Waals surface area contributed by atoms with Crippen LogP contribution in [0.5, 0.6) is 5.75 Å². The van der Waals surface area contributed by atoms with Crippen molar-refractivity contribution in [2.45, 2.75) is 13.0 Å². The number of methoxy groups -OCH3 is 1. The first kappa shape index (κ1) is 12.5. The zero-order valence-electron chi connectivity index (χ0n) is 10.2. The number of carbonyl (C=O) groups excluding carboxylic acids is 1. The molecule has 1 amide bonds. The molecule has 0 aliphatic carbocycles. The van der Waals surface area contributed by atoms with Gasteiger partial charge in [0, 0.05) is 0 Å². The molecule has 0 aliphatic heterocycles. The summed E-state index contributed by atoms with van der Waals surface area (Å²) in [4.78, 5) is 13.2. The molecular weight excluding hydrogens is 204 g/mol. The summed E-state index contributed by atoms with van der Waals surface area (Å²) in [5.74, 6) is 0.459. The van der Waals surface area contributed by atoms with Crippen molar-refractivity contribution in [2.75, 3.05) is 21.2 Å². The quantitative estimate of drug-likeness (QED) is 0.829. The molecule has 0 aromatic heterocycles. The number of likely N-dealkylation sites (N-methyl/N-ethyl adjacent to an activating group) is 1. The fraction of sp³-hybridized carbons (Fsp3) is 0.417. The van der Waals surface area contributed by atoms with E-state index in [1.165, 1.54) is 0 Å². The third kappa shape index (κ3) is 2.52. The lowest BCUT2D eigenvalue weighted by Crippen LogP contribution is -2.32. The van der Waals surface area contributed by atoms with Crippen molar-refractivity contribution >= 4 is 5.91 Å². The van der Waals surface area contributed by atoms with Crippen molar-refractivity contribution in [2.24, 2.45) is 5.73 Å². The fourth-order valence-electron chi connectivity index (χ4n) is 1.79. The first-order valence-electron chi connectivity index (χ1n) is 5.07. The van der Waals surface area contributed by atoms with E-state index in [-0.39, 0.29) is 5.91 Å². The number of amides is 1. The highest BCUT2D eigenvalue weighted by molar-refractivity contribution is 5.81. The molecule has 0 heterocycles. The summed E-state index contributed by atoms with van der Waals surface area (Å²) in [5, 5.41) is 0. The number of nitrogens with zero attached hydrogens (tertiary/aromatic N) is 1. The second kappa shape index (κ2) is 4.99. The maximum absolute atomic E-state index is 11.4. The first-order valence-corrected chi connectivity index (χ1v) is 5.07. The monoisotopic (exact) mass is 222 g/mol. The molecule has 0 bridgehead atoms. The van der Waals surface area contributed by atoms with Crippen LogP contribution in [0.4, 0.5) is 0 Å². The van der Waals surface area contributed by atoms with Crippen LogP contribution in [0.1, 0.15) is 17.2 Å². The van der Waals surface area contributed by atoms with Gasteiger partial charge in [0.25, 0.3) is 0 Å². The highest BCUT2D eigenvalue weighted by Gasteiger charge is 2.20. The minimum absolute atomic E-state index is 0.352. The average Bonchev–Trinajstić information content (AvgIpc) is 2.16. The molecule has 0 saturated heterocycles. The minimum Gasteiger partial charge on any atom is -0.496 e. The number of ether oxygens (including phenoxy) is 1. The Hall–Kier alpha value is -1.55. The number of rotatable bonds is 4. The maximum Gasteiger partial charge on any atom is 0.239 e. The van der Waals surface area contributed by atoms with Crippen molar-refractivity contribution < 1.29 is 9.53 Å². The van der Waals surface area contributed by atoms with E-state index in [2.05, 4.69) is 0 Å². The molecule has 1 atom stereocenters. The van der Waals surface area contributed by atoms with Gasteiger partial charge in [0.05, 0.1) is 7.11 Å². The van der Waals surface area contributed by atoms with Gasteiger partial charge in [-0.2, -0.15) is 0 Å². The van der Waals surface area contributed by atoms with Gasteiger partial charge >= 0.3 is 0 Å². The van der Waals surface area contributed by atoms with Crippen LogP contribution in [0.2, 0.25) is 0 Å². The number of aryl methyl sites for hydroxylation is 1. The van der Waals surface area contributed by atoms with Crippen LogP contribution in [0.3, 0.4) is 0 Å². The summed E-state index contributed by atoms with van der Waals surface area (Å²) in [6.07, 6.45) is 0. The van der Waals surface area contributed by atoms with Gasteiger partial charge in [-0.25, -0.2) is 0 Å². The van der Waals surface area contributed by atoms with Crippen LogP contribution < -0.4 is 10.5 Å². The third-order valence-electron chi connectivity index (χ3n) is 2.52. The summed E-state index contributed by atoms with van der Waals surface area (Å²) >= 11 is 0. The van der Waals surface area contributed by atoms with E-state index in [9.17, 15) is 4.79 Å². The van der Waals surface area contributed by atoms with E-state index in [1.807, 2.05) is 39.2 Å². The van der Waals surface area contributed by atoms with Crippen molar-refractivity contribution in [1.29, 1.82) is 0 Å². The summed E-state index contributed by atoms with van der Waals surface area (Å²) < 4.78 is 5.17. The van der Waals surface area contributed by atoms with Crippen molar-refractivity contribution in [3.05, 3.63) is 29.3 Å². The van der Waals surface area contributed by atoms with E-state index in [1.54, 1.807) is 12.0 Å². The van der Waals surface area contributed by atoms with Gasteiger partial charge in [0.2, 0.25) is 5.91 Å². The molecule has 1 aromatic carbocycles. The third-order valence-corrected chi connectivity index (χ3v) is 2.52. The number of hydrogen-bond acceptors (Lipinski definition) is 3. The molecule has 2 N–H and O–H groups in total. The zero-order valence-corrected chi connectivity index (χ0v) is 10.2. The molecule has 0 spiro atoms. The summed E-state index contributed by atoms with van der Waals surface area (Å²) in [7, 11) is 5.28. The van der Waals surface area contributed by atoms with Crippen LogP contribution in [-0.4, -0.2) is 32.0 Å². The molecule has 1 rings (SSSR count). The maximum atomic E-state index is 11.4. The van der Waals surface area contributed by atoms with E-state index in [0.29, 0.717) is 0 Å². The van der Waals surface area contributed by atoms with Crippen LogP contribution in [0.15, 0.2) is 18.2 Å². The molecule has 0 aliphatic rings. The molecule has 0 fully saturated rings. The van der Waals surface area contributed by atoms with Crippen molar-refractivity contribution in [3.63, 3.8) is 0 Å². The highest BCUT2D eigenvalue weighted by Crippen LogP contribution is 2.24. The topological polar surface area (TPSA) is 55.6 Å². The van der Waals surface area contributed by atoms with Crippen LogP contribution in [0.25, 0.3) is 0 Å². The average molecular weight is 222 g/mol. The summed E-state index contributed by atoms with van der Waals surface area (Å²) in [5.41, 5.74) is 7.26. The molecule has 1 aromatic rings. The molecular formula is C12H18N2O2. The second-order valence-electron chi connectivity index (χ2n) is 4.00. The van der Waals surface area contributed by atoms with Crippen molar-refractivity contribution in [1.82, 2.24) is 4.90 Å². The predicted octanol–water partition coefficient (Wildman–Crippen LogP) is 1.09. The normalized spacial score (nSPS) is 12.6. The molecule has 4 heteroatoms. The SMILES string of the molecule is COc1ccc(C(C(N)=O)N(C)C)cc1C. The Morgan fingerprint density at radius 2 is 2.06 bits per heavy atom.